The number of anilines is 3. The molecule has 0 bridgehead atoms. The smallest absolute Gasteiger partial charge is 0.300 e. The van der Waals surface area contributed by atoms with Crippen LogP contribution in [0.3, 0.4) is 0 Å². The number of benzene rings is 2. The van der Waals surface area contributed by atoms with Crippen LogP contribution in [-0.2, 0) is 4.79 Å². The van der Waals surface area contributed by atoms with Gasteiger partial charge in [0.25, 0.3) is 5.91 Å². The molecule has 126 valence electrons. The highest BCUT2D eigenvalue weighted by molar-refractivity contribution is 6.06. The van der Waals surface area contributed by atoms with Crippen LogP contribution >= 0.6 is 0 Å². The zero-order valence-corrected chi connectivity index (χ0v) is 13.8. The van der Waals surface area contributed by atoms with Crippen LogP contribution in [0.25, 0.3) is 10.9 Å². The minimum atomic E-state index is -0.434. The molecule has 1 aromatic heterocycles. The number of nitrogens with zero attached hydrogens (tertiary/aromatic N) is 2. The second kappa shape index (κ2) is 7.33. The SMILES string of the molecule is CC#CC(=O)Nc1ccc2ncc(C#N)c(Nc3cccc(F)c3)c2c1. The van der Waals surface area contributed by atoms with E-state index in [0.29, 0.717) is 33.5 Å². The van der Waals surface area contributed by atoms with E-state index in [1.807, 2.05) is 0 Å². The molecular formula is C20H13FN4O. The van der Waals surface area contributed by atoms with Gasteiger partial charge in [-0.1, -0.05) is 12.0 Å². The molecule has 0 saturated carbocycles. The van der Waals surface area contributed by atoms with Crippen LogP contribution in [0.4, 0.5) is 21.5 Å². The molecular weight excluding hydrogens is 331 g/mol. The Kier molecular flexibility index (Phi) is 4.78. The van der Waals surface area contributed by atoms with Crippen LogP contribution in [0.15, 0.2) is 48.7 Å². The summed E-state index contributed by atoms with van der Waals surface area (Å²) >= 11 is 0. The first kappa shape index (κ1) is 16.9. The number of carbonyl (C=O) groups is 1. The average Bonchev–Trinajstić information content (AvgIpc) is 2.62. The molecule has 0 saturated heterocycles. The molecule has 0 spiro atoms. The monoisotopic (exact) mass is 344 g/mol. The molecule has 1 amide bonds. The Bertz CT molecular complexity index is 1110. The van der Waals surface area contributed by atoms with Crippen molar-refractivity contribution in [3.63, 3.8) is 0 Å². The number of carbonyl (C=O) groups excluding carboxylic acids is 1. The van der Waals surface area contributed by atoms with E-state index in [2.05, 4.69) is 33.5 Å². The first-order valence-electron chi connectivity index (χ1n) is 7.70. The summed E-state index contributed by atoms with van der Waals surface area (Å²) in [5.74, 6) is 4.10. The quantitative estimate of drug-likeness (QED) is 0.705. The first-order chi connectivity index (χ1) is 12.6. The third-order valence-electron chi connectivity index (χ3n) is 3.58. The zero-order chi connectivity index (χ0) is 18.5. The molecule has 6 heteroatoms. The first-order valence-corrected chi connectivity index (χ1v) is 7.70. The van der Waals surface area contributed by atoms with Gasteiger partial charge in [-0.2, -0.15) is 5.26 Å². The highest BCUT2D eigenvalue weighted by atomic mass is 19.1. The van der Waals surface area contributed by atoms with Crippen molar-refractivity contribution in [3.8, 4) is 17.9 Å². The lowest BCUT2D eigenvalue weighted by Gasteiger charge is -2.12. The molecule has 1 heterocycles. The van der Waals surface area contributed by atoms with Crippen LogP contribution < -0.4 is 10.6 Å². The van der Waals surface area contributed by atoms with Gasteiger partial charge in [-0.25, -0.2) is 4.39 Å². The minimum absolute atomic E-state index is 0.304. The van der Waals surface area contributed by atoms with Gasteiger partial charge in [0.15, 0.2) is 0 Å². The molecule has 0 aliphatic heterocycles. The zero-order valence-electron chi connectivity index (χ0n) is 13.8. The van der Waals surface area contributed by atoms with Gasteiger partial charge < -0.3 is 10.6 Å². The Balaban J connectivity index is 2.10. The second-order valence-corrected chi connectivity index (χ2v) is 5.36. The maximum atomic E-state index is 13.5. The summed E-state index contributed by atoms with van der Waals surface area (Å²) in [6.45, 7) is 1.57. The number of fused-ring (bicyclic) bond motifs is 1. The van der Waals surface area contributed by atoms with Gasteiger partial charge in [0.05, 0.1) is 16.8 Å². The molecule has 3 rings (SSSR count). The normalized spacial score (nSPS) is 9.73. The Morgan fingerprint density at radius 3 is 2.77 bits per heavy atom. The third-order valence-corrected chi connectivity index (χ3v) is 3.58. The molecule has 0 fully saturated rings. The number of nitriles is 1. The fraction of sp³-hybridized carbons (Fsp3) is 0.0500. The highest BCUT2D eigenvalue weighted by Crippen LogP contribution is 2.30. The van der Waals surface area contributed by atoms with Crippen molar-refractivity contribution in [2.45, 2.75) is 6.92 Å². The van der Waals surface area contributed by atoms with E-state index >= 15 is 0 Å². The van der Waals surface area contributed by atoms with Crippen LogP contribution in [0.1, 0.15) is 12.5 Å². The van der Waals surface area contributed by atoms with E-state index in [1.165, 1.54) is 18.3 Å². The summed E-state index contributed by atoms with van der Waals surface area (Å²) in [5, 5.41) is 15.8. The average molecular weight is 344 g/mol. The van der Waals surface area contributed by atoms with Crippen LogP contribution in [0.5, 0.6) is 0 Å². The van der Waals surface area contributed by atoms with Gasteiger partial charge >= 0.3 is 0 Å². The fourth-order valence-electron chi connectivity index (χ4n) is 2.48. The van der Waals surface area contributed by atoms with Gasteiger partial charge in [-0.15, -0.1) is 0 Å². The van der Waals surface area contributed by atoms with E-state index in [9.17, 15) is 14.4 Å². The molecule has 3 aromatic rings. The van der Waals surface area contributed by atoms with Crippen LogP contribution in [-0.4, -0.2) is 10.9 Å². The van der Waals surface area contributed by atoms with Crippen LogP contribution in [0, 0.1) is 29.0 Å². The van der Waals surface area contributed by atoms with Crippen molar-refractivity contribution in [1.29, 1.82) is 5.26 Å². The van der Waals surface area contributed by atoms with Crippen molar-refractivity contribution in [2.24, 2.45) is 0 Å². The number of aromatic nitrogens is 1. The highest BCUT2D eigenvalue weighted by Gasteiger charge is 2.11. The molecule has 2 aromatic carbocycles. The standard InChI is InChI=1S/C20H13FN4O/c1-2-4-19(26)24-16-7-8-18-17(10-16)20(13(11-22)12-23-18)25-15-6-3-5-14(21)9-15/h3,5-10,12H,1H3,(H,23,25)(H,24,26). The van der Waals surface area contributed by atoms with Crippen molar-refractivity contribution in [3.05, 3.63) is 60.0 Å². The maximum absolute atomic E-state index is 13.5. The van der Waals surface area contributed by atoms with E-state index < -0.39 is 11.7 Å². The van der Waals surface area contributed by atoms with Gasteiger partial charge in [0.1, 0.15) is 11.9 Å². The van der Waals surface area contributed by atoms with Crippen molar-refractivity contribution >= 4 is 33.9 Å². The number of nitrogens with one attached hydrogen (secondary N) is 2. The van der Waals surface area contributed by atoms with Crippen molar-refractivity contribution < 1.29 is 9.18 Å². The number of amides is 1. The van der Waals surface area contributed by atoms with E-state index in [0.717, 1.165) is 0 Å². The summed E-state index contributed by atoms with van der Waals surface area (Å²) in [5.41, 5.74) is 2.44. The molecule has 0 aliphatic carbocycles. The van der Waals surface area contributed by atoms with Gasteiger partial charge in [0.2, 0.25) is 0 Å². The second-order valence-electron chi connectivity index (χ2n) is 5.36. The molecule has 26 heavy (non-hydrogen) atoms. The number of pyridine rings is 1. The molecule has 0 aliphatic rings. The predicted molar refractivity (Wildman–Crippen MR) is 98.2 cm³/mol. The van der Waals surface area contributed by atoms with Crippen LogP contribution in [0.2, 0.25) is 0 Å². The number of halogens is 1. The van der Waals surface area contributed by atoms with Crippen molar-refractivity contribution in [2.75, 3.05) is 10.6 Å². The van der Waals surface area contributed by atoms with Crippen molar-refractivity contribution in [1.82, 2.24) is 4.98 Å². The summed E-state index contributed by atoms with van der Waals surface area (Å²) in [6.07, 6.45) is 1.45. The topological polar surface area (TPSA) is 77.8 Å². The van der Waals surface area contributed by atoms with E-state index in [1.54, 1.807) is 37.3 Å². The van der Waals surface area contributed by atoms with E-state index in [-0.39, 0.29) is 0 Å². The number of hydrogen-bond acceptors (Lipinski definition) is 4. The van der Waals surface area contributed by atoms with E-state index in [4.69, 9.17) is 0 Å². The Morgan fingerprint density at radius 1 is 1.19 bits per heavy atom. The summed E-state index contributed by atoms with van der Waals surface area (Å²) in [6, 6.07) is 13.1. The van der Waals surface area contributed by atoms with Gasteiger partial charge in [-0.3, -0.25) is 9.78 Å². The molecule has 0 radical (unpaired) electrons. The number of rotatable bonds is 3. The maximum Gasteiger partial charge on any atom is 0.300 e. The largest absolute Gasteiger partial charge is 0.354 e. The van der Waals surface area contributed by atoms with Gasteiger partial charge in [0, 0.05) is 23.0 Å². The number of hydrogen-bond donors (Lipinski definition) is 2. The fourth-order valence-corrected chi connectivity index (χ4v) is 2.48. The Labute approximate surface area is 149 Å². The molecule has 5 nitrogen and oxygen atoms in total. The summed E-state index contributed by atoms with van der Waals surface area (Å²) in [7, 11) is 0. The Hall–Kier alpha value is -3.90. The third kappa shape index (κ3) is 3.61. The summed E-state index contributed by atoms with van der Waals surface area (Å²) in [4.78, 5) is 15.9. The lowest BCUT2D eigenvalue weighted by atomic mass is 10.1. The lowest BCUT2D eigenvalue weighted by Crippen LogP contribution is -2.08. The molecule has 0 atom stereocenters. The minimum Gasteiger partial charge on any atom is -0.354 e. The molecule has 0 unspecified atom stereocenters. The molecule has 2 N–H and O–H groups in total. The van der Waals surface area contributed by atoms with Gasteiger partial charge in [-0.05, 0) is 49.2 Å². The Morgan fingerprint density at radius 2 is 2.04 bits per heavy atom. The summed E-state index contributed by atoms with van der Waals surface area (Å²) < 4.78 is 13.5. The predicted octanol–water partition coefficient (Wildman–Crippen LogP) is 3.95. The lowest BCUT2D eigenvalue weighted by molar-refractivity contribution is -0.111.